The Labute approximate surface area is 106 Å². The van der Waals surface area contributed by atoms with Crippen LogP contribution in [0.1, 0.15) is 25.5 Å². The summed E-state index contributed by atoms with van der Waals surface area (Å²) < 4.78 is 4.96. The van der Waals surface area contributed by atoms with Crippen molar-refractivity contribution in [2.75, 3.05) is 20.3 Å². The highest BCUT2D eigenvalue weighted by molar-refractivity contribution is 7.07. The molecule has 4 nitrogen and oxygen atoms in total. The fourth-order valence-electron chi connectivity index (χ4n) is 1.50. The molecule has 0 aliphatic rings. The average molecular weight is 256 g/mol. The molecule has 0 saturated heterocycles. The van der Waals surface area contributed by atoms with E-state index in [-0.39, 0.29) is 18.0 Å². The molecule has 0 bridgehead atoms. The number of methoxy groups -OCH3 is 1. The maximum Gasteiger partial charge on any atom is 0.234 e. The van der Waals surface area contributed by atoms with Crippen molar-refractivity contribution in [1.82, 2.24) is 10.6 Å². The number of carbonyl (C=O) groups is 1. The zero-order valence-electron chi connectivity index (χ0n) is 10.5. The Morgan fingerprint density at radius 2 is 2.29 bits per heavy atom. The van der Waals surface area contributed by atoms with Gasteiger partial charge >= 0.3 is 0 Å². The number of ether oxygens (including phenoxy) is 1. The summed E-state index contributed by atoms with van der Waals surface area (Å²) in [5.41, 5.74) is 1.22. The summed E-state index contributed by atoms with van der Waals surface area (Å²) in [7, 11) is 1.62. The van der Waals surface area contributed by atoms with Gasteiger partial charge in [0, 0.05) is 19.2 Å². The lowest BCUT2D eigenvalue weighted by atomic mass is 10.2. The molecule has 0 aliphatic carbocycles. The Balaban J connectivity index is 2.24. The molecule has 0 spiro atoms. The third-order valence-corrected chi connectivity index (χ3v) is 3.14. The van der Waals surface area contributed by atoms with E-state index in [9.17, 15) is 4.79 Å². The topological polar surface area (TPSA) is 50.4 Å². The summed E-state index contributed by atoms with van der Waals surface area (Å²) in [5, 5.41) is 10.2. The van der Waals surface area contributed by atoms with E-state index in [1.807, 2.05) is 19.2 Å². The van der Waals surface area contributed by atoms with Crippen LogP contribution in [0.4, 0.5) is 0 Å². The van der Waals surface area contributed by atoms with Crippen LogP contribution in [0.3, 0.4) is 0 Å². The van der Waals surface area contributed by atoms with Gasteiger partial charge in [0.15, 0.2) is 0 Å². The highest BCUT2D eigenvalue weighted by Crippen LogP contribution is 2.14. The second-order valence-electron chi connectivity index (χ2n) is 4.08. The van der Waals surface area contributed by atoms with Crippen molar-refractivity contribution in [2.45, 2.75) is 25.9 Å². The molecule has 5 heteroatoms. The molecule has 96 valence electrons. The third-order valence-electron chi connectivity index (χ3n) is 2.44. The predicted molar refractivity (Wildman–Crippen MR) is 70.2 cm³/mol. The molecule has 1 rings (SSSR count). The number of amides is 1. The fourth-order valence-corrected chi connectivity index (χ4v) is 2.26. The van der Waals surface area contributed by atoms with Crippen LogP contribution in [-0.2, 0) is 9.53 Å². The molecule has 0 aromatic carbocycles. The summed E-state index contributed by atoms with van der Waals surface area (Å²) in [6.45, 7) is 4.83. The molecule has 17 heavy (non-hydrogen) atoms. The lowest BCUT2D eigenvalue weighted by Crippen LogP contribution is -2.41. The van der Waals surface area contributed by atoms with Crippen molar-refractivity contribution >= 4 is 17.2 Å². The lowest BCUT2D eigenvalue weighted by Gasteiger charge is -2.15. The van der Waals surface area contributed by atoms with Crippen molar-refractivity contribution in [3.63, 3.8) is 0 Å². The summed E-state index contributed by atoms with van der Waals surface area (Å²) in [6, 6.07) is 2.31. The molecule has 2 atom stereocenters. The molecule has 1 amide bonds. The number of carbonyl (C=O) groups excluding carboxylic acids is 1. The lowest BCUT2D eigenvalue weighted by molar-refractivity contribution is -0.121. The Morgan fingerprint density at radius 1 is 1.53 bits per heavy atom. The first-order valence-electron chi connectivity index (χ1n) is 5.67. The van der Waals surface area contributed by atoms with E-state index in [0.717, 1.165) is 0 Å². The van der Waals surface area contributed by atoms with Crippen LogP contribution in [0.25, 0.3) is 0 Å². The van der Waals surface area contributed by atoms with Crippen LogP contribution < -0.4 is 10.6 Å². The molecule has 0 aliphatic heterocycles. The average Bonchev–Trinajstić information content (AvgIpc) is 2.79. The monoisotopic (exact) mass is 256 g/mol. The van der Waals surface area contributed by atoms with Crippen molar-refractivity contribution in [2.24, 2.45) is 0 Å². The molecule has 1 aromatic heterocycles. The van der Waals surface area contributed by atoms with Gasteiger partial charge in [-0.15, -0.1) is 0 Å². The summed E-state index contributed by atoms with van der Waals surface area (Å²) in [6.07, 6.45) is 0. The zero-order chi connectivity index (χ0) is 12.7. The SMILES string of the molecule is COCC(C)NC(=O)CNC(C)c1ccsc1. The van der Waals surface area contributed by atoms with Gasteiger partial charge in [-0.1, -0.05) is 0 Å². The largest absolute Gasteiger partial charge is 0.383 e. The van der Waals surface area contributed by atoms with Crippen LogP contribution >= 0.6 is 11.3 Å². The summed E-state index contributed by atoms with van der Waals surface area (Å²) in [5.74, 6) is -0.00312. The first-order chi connectivity index (χ1) is 8.13. The molecule has 0 fully saturated rings. The quantitative estimate of drug-likeness (QED) is 0.778. The van der Waals surface area contributed by atoms with Crippen molar-refractivity contribution < 1.29 is 9.53 Å². The predicted octanol–water partition coefficient (Wildman–Crippen LogP) is 1.55. The number of thiophene rings is 1. The normalized spacial score (nSPS) is 14.3. The van der Waals surface area contributed by atoms with Crippen molar-refractivity contribution in [3.8, 4) is 0 Å². The smallest absolute Gasteiger partial charge is 0.234 e. The Bertz CT molecular complexity index is 327. The summed E-state index contributed by atoms with van der Waals surface area (Å²) in [4.78, 5) is 11.6. The number of nitrogens with one attached hydrogen (secondary N) is 2. The van der Waals surface area contributed by atoms with Crippen LogP contribution in [0.15, 0.2) is 16.8 Å². The standard InChI is InChI=1S/C12H20N2O2S/c1-9(7-16-3)14-12(15)6-13-10(2)11-4-5-17-8-11/h4-5,8-10,13H,6-7H2,1-3H3,(H,14,15). The van der Waals surface area contributed by atoms with Crippen molar-refractivity contribution in [3.05, 3.63) is 22.4 Å². The molecular weight excluding hydrogens is 236 g/mol. The minimum Gasteiger partial charge on any atom is -0.383 e. The molecular formula is C12H20N2O2S. The van der Waals surface area contributed by atoms with Crippen LogP contribution in [0.5, 0.6) is 0 Å². The number of hydrogen-bond donors (Lipinski definition) is 2. The molecule has 0 saturated carbocycles. The van der Waals surface area contributed by atoms with Gasteiger partial charge in [-0.05, 0) is 36.2 Å². The van der Waals surface area contributed by atoms with Gasteiger partial charge in [-0.25, -0.2) is 0 Å². The van der Waals surface area contributed by atoms with E-state index in [1.165, 1.54) is 5.56 Å². The minimum atomic E-state index is -0.00312. The van der Waals surface area contributed by atoms with E-state index < -0.39 is 0 Å². The molecule has 0 radical (unpaired) electrons. The van der Waals surface area contributed by atoms with E-state index in [4.69, 9.17) is 4.74 Å². The van der Waals surface area contributed by atoms with E-state index >= 15 is 0 Å². The Hall–Kier alpha value is -0.910. The fraction of sp³-hybridized carbons (Fsp3) is 0.583. The third kappa shape index (κ3) is 5.30. The maximum atomic E-state index is 11.6. The molecule has 2 N–H and O–H groups in total. The second kappa shape index (κ2) is 7.42. The van der Waals surface area contributed by atoms with Gasteiger partial charge in [-0.2, -0.15) is 11.3 Å². The highest BCUT2D eigenvalue weighted by Gasteiger charge is 2.09. The first-order valence-corrected chi connectivity index (χ1v) is 6.61. The highest BCUT2D eigenvalue weighted by atomic mass is 32.1. The molecule has 1 aromatic rings. The van der Waals surface area contributed by atoms with Gasteiger partial charge in [0.25, 0.3) is 0 Å². The zero-order valence-corrected chi connectivity index (χ0v) is 11.3. The van der Waals surface area contributed by atoms with Gasteiger partial charge in [-0.3, -0.25) is 4.79 Å². The molecule has 2 unspecified atom stereocenters. The van der Waals surface area contributed by atoms with Crippen molar-refractivity contribution in [1.29, 1.82) is 0 Å². The van der Waals surface area contributed by atoms with E-state index in [2.05, 4.69) is 22.1 Å². The van der Waals surface area contributed by atoms with Crippen LogP contribution in [0, 0.1) is 0 Å². The van der Waals surface area contributed by atoms with E-state index in [1.54, 1.807) is 18.4 Å². The summed E-state index contributed by atoms with van der Waals surface area (Å²) >= 11 is 1.66. The Morgan fingerprint density at radius 3 is 2.88 bits per heavy atom. The second-order valence-corrected chi connectivity index (χ2v) is 4.86. The van der Waals surface area contributed by atoms with Gasteiger partial charge < -0.3 is 15.4 Å². The van der Waals surface area contributed by atoms with Gasteiger partial charge in [0.2, 0.25) is 5.91 Å². The minimum absolute atomic E-state index is 0.00312. The van der Waals surface area contributed by atoms with E-state index in [0.29, 0.717) is 13.2 Å². The number of rotatable bonds is 7. The number of hydrogen-bond acceptors (Lipinski definition) is 4. The molecule has 1 heterocycles. The van der Waals surface area contributed by atoms with Crippen LogP contribution in [0.2, 0.25) is 0 Å². The Kier molecular flexibility index (Phi) is 6.18. The first kappa shape index (κ1) is 14.2. The van der Waals surface area contributed by atoms with Gasteiger partial charge in [0.1, 0.15) is 0 Å². The maximum absolute atomic E-state index is 11.6. The van der Waals surface area contributed by atoms with Gasteiger partial charge in [0.05, 0.1) is 13.2 Å². The van der Waals surface area contributed by atoms with Crippen LogP contribution in [-0.4, -0.2) is 32.2 Å².